The number of aryl methyl sites for hydroxylation is 1. The number of amides is 1. The number of carbonyl (C=O) groups is 1. The van der Waals surface area contributed by atoms with Crippen LogP contribution in [0.2, 0.25) is 0 Å². The number of hydrogen-bond donors (Lipinski definition) is 1. The van der Waals surface area contributed by atoms with Crippen LogP contribution in [0.3, 0.4) is 0 Å². The largest absolute Gasteiger partial charge is 0.355 e. The minimum Gasteiger partial charge on any atom is -0.355 e. The first-order chi connectivity index (χ1) is 5.25. The highest BCUT2D eigenvalue weighted by Crippen LogP contribution is 2.05. The van der Waals surface area contributed by atoms with Crippen LogP contribution in [0, 0.1) is 13.0 Å². The van der Waals surface area contributed by atoms with Gasteiger partial charge in [0.15, 0.2) is 0 Å². The van der Waals surface area contributed by atoms with Crippen molar-refractivity contribution in [3.05, 3.63) is 35.4 Å². The van der Waals surface area contributed by atoms with Crippen molar-refractivity contribution in [1.29, 1.82) is 0 Å². The molecule has 1 amide bonds. The van der Waals surface area contributed by atoms with Gasteiger partial charge in [-0.2, -0.15) is 0 Å². The summed E-state index contributed by atoms with van der Waals surface area (Å²) < 4.78 is 0. The Kier molecular flexibility index (Phi) is 2.26. The van der Waals surface area contributed by atoms with Gasteiger partial charge in [0.25, 0.3) is 5.91 Å². The van der Waals surface area contributed by atoms with Crippen molar-refractivity contribution in [3.63, 3.8) is 0 Å². The van der Waals surface area contributed by atoms with E-state index in [9.17, 15) is 4.79 Å². The summed E-state index contributed by atoms with van der Waals surface area (Å²) in [7, 11) is 1.62. The van der Waals surface area contributed by atoms with Crippen molar-refractivity contribution in [2.24, 2.45) is 0 Å². The quantitative estimate of drug-likeness (QED) is 0.636. The molecule has 1 aromatic carbocycles. The van der Waals surface area contributed by atoms with Gasteiger partial charge in [0.1, 0.15) is 0 Å². The lowest BCUT2D eigenvalue weighted by atomic mass is 10.1. The highest BCUT2D eigenvalue weighted by atomic mass is 16.1. The average molecular weight is 148 g/mol. The van der Waals surface area contributed by atoms with E-state index in [2.05, 4.69) is 11.4 Å². The van der Waals surface area contributed by atoms with E-state index < -0.39 is 0 Å². The van der Waals surface area contributed by atoms with Gasteiger partial charge in [-0.15, -0.1) is 0 Å². The molecule has 1 aromatic rings. The standard InChI is InChI=1S/C9H10NO/c1-7-5-3-4-6-8(7)9(11)10-2/h4-6H,1-2H3,(H,10,11). The zero-order valence-electron chi connectivity index (χ0n) is 6.64. The molecule has 0 fully saturated rings. The van der Waals surface area contributed by atoms with E-state index >= 15 is 0 Å². The summed E-state index contributed by atoms with van der Waals surface area (Å²) in [5.74, 6) is -0.0449. The molecule has 0 saturated carbocycles. The Morgan fingerprint density at radius 2 is 2.36 bits per heavy atom. The highest BCUT2D eigenvalue weighted by Gasteiger charge is 2.03. The number of nitrogens with one attached hydrogen (secondary N) is 1. The fourth-order valence-corrected chi connectivity index (χ4v) is 0.903. The van der Waals surface area contributed by atoms with E-state index in [1.807, 2.05) is 6.92 Å². The number of rotatable bonds is 1. The van der Waals surface area contributed by atoms with Crippen molar-refractivity contribution >= 4 is 5.91 Å². The fraction of sp³-hybridized carbons (Fsp3) is 0.222. The maximum atomic E-state index is 11.1. The third kappa shape index (κ3) is 1.58. The number of carbonyl (C=O) groups excluding carboxylic acids is 1. The van der Waals surface area contributed by atoms with E-state index in [1.165, 1.54) is 0 Å². The second-order valence-electron chi connectivity index (χ2n) is 2.32. The van der Waals surface area contributed by atoms with Gasteiger partial charge in [-0.05, 0) is 24.6 Å². The maximum absolute atomic E-state index is 11.1. The second-order valence-corrected chi connectivity index (χ2v) is 2.32. The third-order valence-electron chi connectivity index (χ3n) is 1.54. The van der Waals surface area contributed by atoms with E-state index in [1.54, 1.807) is 25.2 Å². The first-order valence-electron chi connectivity index (χ1n) is 3.44. The van der Waals surface area contributed by atoms with Crippen LogP contribution in [0.5, 0.6) is 0 Å². The van der Waals surface area contributed by atoms with Gasteiger partial charge < -0.3 is 5.32 Å². The summed E-state index contributed by atoms with van der Waals surface area (Å²) in [6.45, 7) is 1.89. The minimum atomic E-state index is -0.0449. The van der Waals surface area contributed by atoms with Crippen molar-refractivity contribution in [2.45, 2.75) is 6.92 Å². The molecule has 0 atom stereocenters. The molecule has 0 aromatic heterocycles. The predicted molar refractivity (Wildman–Crippen MR) is 43.4 cm³/mol. The van der Waals surface area contributed by atoms with Crippen LogP contribution in [0.4, 0.5) is 0 Å². The molecule has 0 aliphatic rings. The molecule has 0 saturated heterocycles. The second kappa shape index (κ2) is 3.19. The summed E-state index contributed by atoms with van der Waals surface area (Å²) in [6.07, 6.45) is 0. The Hall–Kier alpha value is -1.31. The molecule has 57 valence electrons. The van der Waals surface area contributed by atoms with E-state index in [0.717, 1.165) is 5.56 Å². The van der Waals surface area contributed by atoms with E-state index in [0.29, 0.717) is 5.56 Å². The van der Waals surface area contributed by atoms with Gasteiger partial charge in [0, 0.05) is 12.6 Å². The molecule has 1 N–H and O–H groups in total. The Balaban J connectivity index is 3.03. The first-order valence-corrected chi connectivity index (χ1v) is 3.44. The van der Waals surface area contributed by atoms with Crippen molar-refractivity contribution < 1.29 is 4.79 Å². The number of benzene rings is 1. The van der Waals surface area contributed by atoms with E-state index in [-0.39, 0.29) is 5.91 Å². The maximum Gasteiger partial charge on any atom is 0.251 e. The van der Waals surface area contributed by atoms with Gasteiger partial charge in [-0.25, -0.2) is 0 Å². The Morgan fingerprint density at radius 1 is 1.64 bits per heavy atom. The zero-order chi connectivity index (χ0) is 8.27. The summed E-state index contributed by atoms with van der Waals surface area (Å²) in [5, 5.41) is 2.57. The predicted octanol–water partition coefficient (Wildman–Crippen LogP) is 1.15. The molecule has 2 nitrogen and oxygen atoms in total. The molecular formula is C9H10NO. The van der Waals surface area contributed by atoms with E-state index in [4.69, 9.17) is 0 Å². The van der Waals surface area contributed by atoms with Crippen molar-refractivity contribution in [2.75, 3.05) is 7.05 Å². The van der Waals surface area contributed by atoms with Crippen LogP contribution >= 0.6 is 0 Å². The van der Waals surface area contributed by atoms with Crippen LogP contribution in [0.25, 0.3) is 0 Å². The molecule has 0 heterocycles. The molecule has 11 heavy (non-hydrogen) atoms. The normalized spacial score (nSPS) is 9.27. The molecule has 0 bridgehead atoms. The summed E-state index contributed by atoms with van der Waals surface area (Å²) >= 11 is 0. The lowest BCUT2D eigenvalue weighted by molar-refractivity contribution is 0.0962. The molecule has 0 aliphatic carbocycles. The van der Waals surface area contributed by atoms with Gasteiger partial charge >= 0.3 is 0 Å². The Bertz CT molecular complexity index is 268. The Labute approximate surface area is 66.2 Å². The summed E-state index contributed by atoms with van der Waals surface area (Å²) in [5.41, 5.74) is 1.66. The molecule has 0 unspecified atom stereocenters. The van der Waals surface area contributed by atoms with Gasteiger partial charge in [0.2, 0.25) is 0 Å². The highest BCUT2D eigenvalue weighted by molar-refractivity contribution is 5.95. The molecule has 0 spiro atoms. The smallest absolute Gasteiger partial charge is 0.251 e. The lowest BCUT2D eigenvalue weighted by Crippen LogP contribution is -2.18. The minimum absolute atomic E-state index is 0.0449. The molecule has 0 aliphatic heterocycles. The summed E-state index contributed by atoms with van der Waals surface area (Å²) in [6, 6.07) is 8.19. The van der Waals surface area contributed by atoms with Gasteiger partial charge in [0.05, 0.1) is 0 Å². The van der Waals surface area contributed by atoms with Crippen molar-refractivity contribution in [1.82, 2.24) is 5.32 Å². The fourth-order valence-electron chi connectivity index (χ4n) is 0.903. The van der Waals surface area contributed by atoms with Crippen LogP contribution in [-0.4, -0.2) is 13.0 Å². The molecular weight excluding hydrogens is 138 g/mol. The third-order valence-corrected chi connectivity index (χ3v) is 1.54. The summed E-state index contributed by atoms with van der Waals surface area (Å²) in [4.78, 5) is 11.1. The Morgan fingerprint density at radius 3 is 2.91 bits per heavy atom. The van der Waals surface area contributed by atoms with Crippen molar-refractivity contribution in [3.8, 4) is 0 Å². The monoisotopic (exact) mass is 148 g/mol. The molecule has 2 heteroatoms. The molecule has 1 rings (SSSR count). The van der Waals surface area contributed by atoms with Gasteiger partial charge in [-0.3, -0.25) is 4.79 Å². The number of hydrogen-bond acceptors (Lipinski definition) is 1. The van der Waals surface area contributed by atoms with Crippen LogP contribution < -0.4 is 5.32 Å². The SMILES string of the molecule is CNC(=O)c1cc[c]cc1C. The first kappa shape index (κ1) is 7.79. The van der Waals surface area contributed by atoms with Gasteiger partial charge in [-0.1, -0.05) is 12.1 Å². The van der Waals surface area contributed by atoms with Crippen LogP contribution in [0.15, 0.2) is 18.2 Å². The average Bonchev–Trinajstić information content (AvgIpc) is 2.04. The van der Waals surface area contributed by atoms with Crippen LogP contribution in [-0.2, 0) is 0 Å². The molecule has 1 radical (unpaired) electrons. The topological polar surface area (TPSA) is 29.1 Å². The van der Waals surface area contributed by atoms with Crippen LogP contribution in [0.1, 0.15) is 15.9 Å². The lowest BCUT2D eigenvalue weighted by Gasteiger charge is -2.01. The zero-order valence-corrected chi connectivity index (χ0v) is 6.64.